The second kappa shape index (κ2) is 6.64. The van der Waals surface area contributed by atoms with Crippen molar-refractivity contribution in [3.63, 3.8) is 0 Å². The van der Waals surface area contributed by atoms with Crippen LogP contribution in [0.4, 0.5) is 11.4 Å². The zero-order valence-electron chi connectivity index (χ0n) is 10.9. The van der Waals surface area contributed by atoms with Crippen molar-refractivity contribution in [2.75, 3.05) is 23.8 Å². The number of anilines is 2. The van der Waals surface area contributed by atoms with E-state index in [-0.39, 0.29) is 12.5 Å². The van der Waals surface area contributed by atoms with Crippen molar-refractivity contribution in [2.45, 2.75) is 0 Å². The van der Waals surface area contributed by atoms with Gasteiger partial charge in [0.1, 0.15) is 0 Å². The zero-order chi connectivity index (χ0) is 14.5. The molecule has 104 valence electrons. The molecule has 1 N–H and O–H groups in total. The van der Waals surface area contributed by atoms with Crippen LogP contribution in [0.25, 0.3) is 0 Å². The molecular weight excluding hydrogens is 295 g/mol. The Morgan fingerprint density at radius 3 is 2.55 bits per heavy atom. The molecule has 0 bridgehead atoms. The molecule has 0 radical (unpaired) electrons. The quantitative estimate of drug-likeness (QED) is 0.923. The van der Waals surface area contributed by atoms with E-state index in [1.165, 1.54) is 0 Å². The summed E-state index contributed by atoms with van der Waals surface area (Å²) in [6, 6.07) is 14.5. The fourth-order valence-corrected chi connectivity index (χ4v) is 2.07. The first-order valence-corrected chi connectivity index (χ1v) is 6.84. The number of nitrogens with zero attached hydrogens (tertiary/aromatic N) is 1. The second-order valence-corrected chi connectivity index (χ2v) is 5.11. The lowest BCUT2D eigenvalue weighted by molar-refractivity contribution is -0.116. The molecule has 0 fully saturated rings. The summed E-state index contributed by atoms with van der Waals surface area (Å²) in [5.41, 5.74) is 1.49. The Morgan fingerprint density at radius 2 is 1.85 bits per heavy atom. The first-order valence-electron chi connectivity index (χ1n) is 6.08. The van der Waals surface area contributed by atoms with Crippen LogP contribution in [0.1, 0.15) is 0 Å². The lowest BCUT2D eigenvalue weighted by Gasteiger charge is -2.18. The Kier molecular flexibility index (Phi) is 4.88. The third-order valence-electron chi connectivity index (χ3n) is 2.88. The van der Waals surface area contributed by atoms with Crippen molar-refractivity contribution in [1.29, 1.82) is 0 Å². The van der Waals surface area contributed by atoms with Crippen LogP contribution < -0.4 is 10.2 Å². The number of halogens is 2. The first kappa shape index (κ1) is 14.7. The monoisotopic (exact) mass is 308 g/mol. The minimum absolute atomic E-state index is 0.0627. The number of carbonyl (C=O) groups excluding carboxylic acids is 1. The van der Waals surface area contributed by atoms with Crippen LogP contribution in [0, 0.1) is 0 Å². The fourth-order valence-electron chi connectivity index (χ4n) is 1.72. The van der Waals surface area contributed by atoms with Gasteiger partial charge in [-0.1, -0.05) is 41.4 Å². The Labute approximate surface area is 128 Å². The molecule has 1 amide bonds. The van der Waals surface area contributed by atoms with Gasteiger partial charge in [0.05, 0.1) is 17.3 Å². The Balaban J connectivity index is 2.00. The summed E-state index contributed by atoms with van der Waals surface area (Å²) in [4.78, 5) is 13.7. The van der Waals surface area contributed by atoms with Gasteiger partial charge in [0.15, 0.2) is 0 Å². The highest BCUT2D eigenvalue weighted by molar-refractivity contribution is 6.35. The van der Waals surface area contributed by atoms with E-state index in [1.54, 1.807) is 30.1 Å². The van der Waals surface area contributed by atoms with E-state index in [2.05, 4.69) is 5.32 Å². The van der Waals surface area contributed by atoms with Crippen molar-refractivity contribution in [2.24, 2.45) is 0 Å². The Bertz CT molecular complexity index is 602. The van der Waals surface area contributed by atoms with Crippen molar-refractivity contribution < 1.29 is 4.79 Å². The molecule has 2 rings (SSSR count). The molecule has 2 aromatic carbocycles. The van der Waals surface area contributed by atoms with Crippen LogP contribution in [0.15, 0.2) is 48.5 Å². The SMILES string of the molecule is CN(C(=O)CNc1cc(Cl)ccc1Cl)c1ccccc1. The molecule has 3 nitrogen and oxygen atoms in total. The van der Waals surface area contributed by atoms with E-state index < -0.39 is 0 Å². The molecule has 0 unspecified atom stereocenters. The maximum Gasteiger partial charge on any atom is 0.246 e. The number of nitrogens with one attached hydrogen (secondary N) is 1. The standard InChI is InChI=1S/C15H14Cl2N2O/c1-19(12-5-3-2-4-6-12)15(20)10-18-14-9-11(16)7-8-13(14)17/h2-9,18H,10H2,1H3. The highest BCUT2D eigenvalue weighted by Crippen LogP contribution is 2.25. The largest absolute Gasteiger partial charge is 0.375 e. The molecule has 0 aromatic heterocycles. The van der Waals surface area contributed by atoms with E-state index >= 15 is 0 Å². The molecule has 0 aliphatic heterocycles. The van der Waals surface area contributed by atoms with E-state index in [9.17, 15) is 4.79 Å². The predicted octanol–water partition coefficient (Wildman–Crippen LogP) is 4.07. The average molecular weight is 309 g/mol. The molecule has 0 atom stereocenters. The van der Waals surface area contributed by atoms with Crippen LogP contribution in [0.3, 0.4) is 0 Å². The van der Waals surface area contributed by atoms with Crippen molar-refractivity contribution in [3.8, 4) is 0 Å². The molecule has 0 aliphatic carbocycles. The number of hydrogen-bond acceptors (Lipinski definition) is 2. The van der Waals surface area contributed by atoms with E-state index in [0.717, 1.165) is 5.69 Å². The van der Waals surface area contributed by atoms with Crippen LogP contribution in [0.5, 0.6) is 0 Å². The van der Waals surface area contributed by atoms with Crippen LogP contribution >= 0.6 is 23.2 Å². The third kappa shape index (κ3) is 3.65. The number of rotatable bonds is 4. The van der Waals surface area contributed by atoms with Gasteiger partial charge in [-0.2, -0.15) is 0 Å². The predicted molar refractivity (Wildman–Crippen MR) is 84.8 cm³/mol. The number of para-hydroxylation sites is 1. The topological polar surface area (TPSA) is 32.3 Å². The molecule has 0 aliphatic rings. The van der Waals surface area contributed by atoms with Crippen molar-refractivity contribution >= 4 is 40.5 Å². The molecule has 0 saturated heterocycles. The van der Waals surface area contributed by atoms with Gasteiger partial charge >= 0.3 is 0 Å². The van der Waals surface area contributed by atoms with Crippen LogP contribution in [-0.2, 0) is 4.79 Å². The minimum Gasteiger partial charge on any atom is -0.375 e. The van der Waals surface area contributed by atoms with Crippen molar-refractivity contribution in [3.05, 3.63) is 58.6 Å². The summed E-state index contributed by atoms with van der Waals surface area (Å²) in [7, 11) is 1.74. The molecule has 20 heavy (non-hydrogen) atoms. The molecule has 0 saturated carbocycles. The van der Waals surface area contributed by atoms with Crippen LogP contribution in [0.2, 0.25) is 10.0 Å². The number of benzene rings is 2. The molecule has 5 heteroatoms. The van der Waals surface area contributed by atoms with Gasteiger partial charge in [0.25, 0.3) is 0 Å². The van der Waals surface area contributed by atoms with E-state index in [0.29, 0.717) is 15.7 Å². The third-order valence-corrected chi connectivity index (χ3v) is 3.44. The highest BCUT2D eigenvalue weighted by Gasteiger charge is 2.11. The van der Waals surface area contributed by atoms with Gasteiger partial charge in [-0.05, 0) is 30.3 Å². The summed E-state index contributed by atoms with van der Waals surface area (Å²) in [5, 5.41) is 4.10. The highest BCUT2D eigenvalue weighted by atomic mass is 35.5. The van der Waals surface area contributed by atoms with Gasteiger partial charge in [0, 0.05) is 17.8 Å². The number of hydrogen-bond donors (Lipinski definition) is 1. The number of carbonyl (C=O) groups is 1. The van der Waals surface area contributed by atoms with Crippen molar-refractivity contribution in [1.82, 2.24) is 0 Å². The first-order chi connectivity index (χ1) is 9.58. The lowest BCUT2D eigenvalue weighted by Crippen LogP contribution is -2.32. The summed E-state index contributed by atoms with van der Waals surface area (Å²) < 4.78 is 0. The maximum absolute atomic E-state index is 12.1. The molecular formula is C15H14Cl2N2O. The van der Waals surface area contributed by atoms with Crippen LogP contribution in [-0.4, -0.2) is 19.5 Å². The normalized spacial score (nSPS) is 10.2. The van der Waals surface area contributed by atoms with Gasteiger partial charge in [-0.25, -0.2) is 0 Å². The summed E-state index contributed by atoms with van der Waals surface area (Å²) in [6.07, 6.45) is 0. The minimum atomic E-state index is -0.0627. The average Bonchev–Trinajstić information content (AvgIpc) is 2.48. The maximum atomic E-state index is 12.1. The summed E-state index contributed by atoms with van der Waals surface area (Å²) >= 11 is 11.9. The van der Waals surface area contributed by atoms with E-state index in [1.807, 2.05) is 30.3 Å². The number of amides is 1. The Hall–Kier alpha value is -1.71. The second-order valence-electron chi connectivity index (χ2n) is 4.27. The van der Waals surface area contributed by atoms with Gasteiger partial charge in [-0.15, -0.1) is 0 Å². The Morgan fingerprint density at radius 1 is 1.15 bits per heavy atom. The molecule has 2 aromatic rings. The van der Waals surface area contributed by atoms with E-state index in [4.69, 9.17) is 23.2 Å². The zero-order valence-corrected chi connectivity index (χ0v) is 12.4. The molecule has 0 spiro atoms. The smallest absolute Gasteiger partial charge is 0.246 e. The van der Waals surface area contributed by atoms with Gasteiger partial charge in [-0.3, -0.25) is 4.79 Å². The summed E-state index contributed by atoms with van der Waals surface area (Å²) in [6.45, 7) is 0.144. The van der Waals surface area contributed by atoms with Gasteiger partial charge in [0.2, 0.25) is 5.91 Å². The van der Waals surface area contributed by atoms with Gasteiger partial charge < -0.3 is 10.2 Å². The lowest BCUT2D eigenvalue weighted by atomic mass is 10.3. The number of likely N-dealkylation sites (N-methyl/N-ethyl adjacent to an activating group) is 1. The summed E-state index contributed by atoms with van der Waals surface area (Å²) in [5.74, 6) is -0.0627. The fraction of sp³-hybridized carbons (Fsp3) is 0.133. The molecule has 0 heterocycles.